The molecule has 0 aromatic heterocycles. The van der Waals surface area contributed by atoms with E-state index in [1.54, 1.807) is 19.1 Å². The number of hydrogen-bond donors (Lipinski definition) is 2. The third-order valence-electron chi connectivity index (χ3n) is 4.02. The van der Waals surface area contributed by atoms with Crippen LogP contribution in [0.4, 0.5) is 0 Å². The molecule has 26 heavy (non-hydrogen) atoms. The number of benzene rings is 3. The lowest BCUT2D eigenvalue weighted by Gasteiger charge is -2.15. The topological polar surface area (TPSA) is 67.4 Å². The monoisotopic (exact) mass is 348 g/mol. The van der Waals surface area contributed by atoms with Crippen molar-refractivity contribution in [3.63, 3.8) is 0 Å². The quantitative estimate of drug-likeness (QED) is 0.710. The van der Waals surface area contributed by atoms with Crippen LogP contribution in [-0.4, -0.2) is 17.9 Å². The molecule has 3 aromatic rings. The third kappa shape index (κ3) is 4.19. The summed E-state index contributed by atoms with van der Waals surface area (Å²) in [6.45, 7) is 3.57. The van der Waals surface area contributed by atoms with Gasteiger partial charge in [-0.1, -0.05) is 48.0 Å². The molecule has 2 amide bonds. The van der Waals surface area contributed by atoms with Gasteiger partial charge in [0.05, 0.1) is 0 Å². The lowest BCUT2D eigenvalue weighted by atomic mass is 10.1. The van der Waals surface area contributed by atoms with Gasteiger partial charge in [-0.15, -0.1) is 0 Å². The maximum absolute atomic E-state index is 12.2. The summed E-state index contributed by atoms with van der Waals surface area (Å²) in [6.07, 6.45) is -0.755. The highest BCUT2D eigenvalue weighted by molar-refractivity contribution is 5.95. The smallest absolute Gasteiger partial charge is 0.279 e. The Balaban J connectivity index is 1.56. The SMILES string of the molecule is Cc1ccc(C(=O)NNC(=O)[C@H](C)Oc2ccc3ccccc3c2)cc1. The Bertz CT molecular complexity index is 935. The minimum absolute atomic E-state index is 0.378. The van der Waals surface area contributed by atoms with Crippen molar-refractivity contribution in [2.45, 2.75) is 20.0 Å². The van der Waals surface area contributed by atoms with Crippen LogP contribution in [0.5, 0.6) is 5.75 Å². The van der Waals surface area contributed by atoms with Crippen molar-refractivity contribution in [1.29, 1.82) is 0 Å². The lowest BCUT2D eigenvalue weighted by molar-refractivity contribution is -0.128. The highest BCUT2D eigenvalue weighted by atomic mass is 16.5. The third-order valence-corrected chi connectivity index (χ3v) is 4.02. The minimum atomic E-state index is -0.755. The predicted molar refractivity (Wildman–Crippen MR) is 101 cm³/mol. The Labute approximate surface area is 152 Å². The molecule has 2 N–H and O–H groups in total. The maximum atomic E-state index is 12.2. The van der Waals surface area contributed by atoms with Crippen molar-refractivity contribution in [3.05, 3.63) is 77.9 Å². The fourth-order valence-electron chi connectivity index (χ4n) is 2.50. The number of amides is 2. The molecule has 3 rings (SSSR count). The first-order valence-electron chi connectivity index (χ1n) is 8.35. The van der Waals surface area contributed by atoms with Gasteiger partial charge in [0.25, 0.3) is 11.8 Å². The van der Waals surface area contributed by atoms with Gasteiger partial charge in [0.1, 0.15) is 5.75 Å². The largest absolute Gasteiger partial charge is 0.481 e. The van der Waals surface area contributed by atoms with Gasteiger partial charge in [0, 0.05) is 5.56 Å². The molecule has 0 unspecified atom stereocenters. The highest BCUT2D eigenvalue weighted by Crippen LogP contribution is 2.21. The second-order valence-corrected chi connectivity index (χ2v) is 6.08. The number of carbonyl (C=O) groups excluding carboxylic acids is 2. The van der Waals surface area contributed by atoms with Crippen LogP contribution in [0, 0.1) is 6.92 Å². The zero-order valence-electron chi connectivity index (χ0n) is 14.7. The molecule has 0 fully saturated rings. The number of nitrogens with one attached hydrogen (secondary N) is 2. The molecule has 132 valence electrons. The molecule has 1 atom stereocenters. The van der Waals surface area contributed by atoms with Crippen molar-refractivity contribution >= 4 is 22.6 Å². The molecular weight excluding hydrogens is 328 g/mol. The van der Waals surface area contributed by atoms with Crippen LogP contribution in [0.25, 0.3) is 10.8 Å². The Kier molecular flexibility index (Phi) is 5.17. The molecule has 0 heterocycles. The van der Waals surface area contributed by atoms with E-state index in [1.165, 1.54) is 0 Å². The number of rotatable bonds is 4. The van der Waals surface area contributed by atoms with Crippen molar-refractivity contribution in [2.24, 2.45) is 0 Å². The summed E-state index contributed by atoms with van der Waals surface area (Å²) >= 11 is 0. The Morgan fingerprint density at radius 3 is 2.31 bits per heavy atom. The van der Waals surface area contributed by atoms with Gasteiger partial charge in [-0.2, -0.15) is 0 Å². The number of carbonyl (C=O) groups is 2. The van der Waals surface area contributed by atoms with E-state index in [4.69, 9.17) is 4.74 Å². The van der Waals surface area contributed by atoms with Gasteiger partial charge >= 0.3 is 0 Å². The summed E-state index contributed by atoms with van der Waals surface area (Å²) in [4.78, 5) is 24.2. The summed E-state index contributed by atoms with van der Waals surface area (Å²) in [5.41, 5.74) is 6.31. The molecule has 0 saturated carbocycles. The van der Waals surface area contributed by atoms with Crippen molar-refractivity contribution in [1.82, 2.24) is 10.9 Å². The summed E-state index contributed by atoms with van der Waals surface area (Å²) in [5.74, 6) is -0.217. The molecule has 0 aliphatic rings. The predicted octanol–water partition coefficient (Wildman–Crippen LogP) is 3.38. The molecule has 0 aliphatic heterocycles. The first-order chi connectivity index (χ1) is 12.5. The molecule has 0 aliphatic carbocycles. The van der Waals surface area contributed by atoms with Crippen LogP contribution in [-0.2, 0) is 4.79 Å². The number of hydrazine groups is 1. The molecule has 0 spiro atoms. The van der Waals surface area contributed by atoms with Crippen LogP contribution in [0.1, 0.15) is 22.8 Å². The fourth-order valence-corrected chi connectivity index (χ4v) is 2.50. The van der Waals surface area contributed by atoms with Crippen molar-refractivity contribution in [2.75, 3.05) is 0 Å². The molecule has 0 radical (unpaired) electrons. The van der Waals surface area contributed by atoms with E-state index in [0.717, 1.165) is 16.3 Å². The highest BCUT2D eigenvalue weighted by Gasteiger charge is 2.16. The van der Waals surface area contributed by atoms with E-state index in [2.05, 4.69) is 10.9 Å². The van der Waals surface area contributed by atoms with E-state index < -0.39 is 12.0 Å². The van der Waals surface area contributed by atoms with E-state index in [-0.39, 0.29) is 5.91 Å². The van der Waals surface area contributed by atoms with Gasteiger partial charge in [-0.05, 0) is 48.9 Å². The molecule has 0 bridgehead atoms. The zero-order valence-corrected chi connectivity index (χ0v) is 14.7. The second-order valence-electron chi connectivity index (χ2n) is 6.08. The van der Waals surface area contributed by atoms with Gasteiger partial charge < -0.3 is 4.74 Å². The Morgan fingerprint density at radius 2 is 1.58 bits per heavy atom. The summed E-state index contributed by atoms with van der Waals surface area (Å²) in [6, 6.07) is 20.6. The first kappa shape index (κ1) is 17.5. The average molecular weight is 348 g/mol. The van der Waals surface area contributed by atoms with Crippen LogP contribution in [0.3, 0.4) is 0 Å². The van der Waals surface area contributed by atoms with E-state index in [9.17, 15) is 9.59 Å². The van der Waals surface area contributed by atoms with E-state index >= 15 is 0 Å². The molecule has 5 heteroatoms. The van der Waals surface area contributed by atoms with Gasteiger partial charge in [-0.25, -0.2) is 0 Å². The Hall–Kier alpha value is -3.34. The standard InChI is InChI=1S/C21H20N2O3/c1-14-7-9-17(10-8-14)21(25)23-22-20(24)15(2)26-19-12-11-16-5-3-4-6-18(16)13-19/h3-13,15H,1-2H3,(H,22,24)(H,23,25)/t15-/m0/s1. The van der Waals surface area contributed by atoms with Crippen LogP contribution in [0.15, 0.2) is 66.7 Å². The number of aryl methyl sites for hydroxylation is 1. The van der Waals surface area contributed by atoms with Crippen LogP contribution >= 0.6 is 0 Å². The van der Waals surface area contributed by atoms with Gasteiger partial charge in [-0.3, -0.25) is 20.4 Å². The fraction of sp³-hybridized carbons (Fsp3) is 0.143. The van der Waals surface area contributed by atoms with E-state index in [0.29, 0.717) is 11.3 Å². The van der Waals surface area contributed by atoms with Crippen LogP contribution in [0.2, 0.25) is 0 Å². The zero-order chi connectivity index (χ0) is 18.5. The minimum Gasteiger partial charge on any atom is -0.481 e. The van der Waals surface area contributed by atoms with Crippen LogP contribution < -0.4 is 15.6 Å². The van der Waals surface area contributed by atoms with Crippen molar-refractivity contribution < 1.29 is 14.3 Å². The molecule has 5 nitrogen and oxygen atoms in total. The average Bonchev–Trinajstić information content (AvgIpc) is 2.66. The summed E-state index contributed by atoms with van der Waals surface area (Å²) < 4.78 is 5.67. The van der Waals surface area contributed by atoms with E-state index in [1.807, 2.05) is 61.5 Å². The number of ether oxygens (including phenoxy) is 1. The molecular formula is C21H20N2O3. The first-order valence-corrected chi connectivity index (χ1v) is 8.35. The van der Waals surface area contributed by atoms with Crippen molar-refractivity contribution in [3.8, 4) is 5.75 Å². The number of fused-ring (bicyclic) bond motifs is 1. The molecule has 0 saturated heterocycles. The molecule has 3 aromatic carbocycles. The normalized spacial score (nSPS) is 11.6. The summed E-state index contributed by atoms with van der Waals surface area (Å²) in [7, 11) is 0. The lowest BCUT2D eigenvalue weighted by Crippen LogP contribution is -2.47. The summed E-state index contributed by atoms with van der Waals surface area (Å²) in [5, 5.41) is 2.13. The Morgan fingerprint density at radius 1 is 0.885 bits per heavy atom. The second kappa shape index (κ2) is 7.70. The van der Waals surface area contributed by atoms with Gasteiger partial charge in [0.2, 0.25) is 0 Å². The number of hydrogen-bond acceptors (Lipinski definition) is 3. The maximum Gasteiger partial charge on any atom is 0.279 e. The van der Waals surface area contributed by atoms with Gasteiger partial charge in [0.15, 0.2) is 6.10 Å².